The van der Waals surface area contributed by atoms with E-state index in [0.29, 0.717) is 0 Å². The molecule has 0 radical (unpaired) electrons. The minimum absolute atomic E-state index is 0.0188. The van der Waals surface area contributed by atoms with Gasteiger partial charge in [-0.2, -0.15) is 4.98 Å². The molecule has 9 nitrogen and oxygen atoms in total. The van der Waals surface area contributed by atoms with Gasteiger partial charge in [-0.05, 0) is 0 Å². The van der Waals surface area contributed by atoms with Crippen LogP contribution in [0.25, 0.3) is 11.2 Å². The Morgan fingerprint density at radius 3 is 3.21 bits per heavy atom. The fourth-order valence-electron chi connectivity index (χ4n) is 2.13. The fraction of sp³-hybridized carbons (Fsp3) is 0.500. The maximum Gasteiger partial charge on any atom is 0.280 e. The molecular weight excluding hydrogens is 254 g/mol. The lowest BCUT2D eigenvalue weighted by Crippen LogP contribution is -2.24. The molecule has 0 amide bonds. The molecule has 1 unspecified atom stereocenters. The van der Waals surface area contributed by atoms with Crippen LogP contribution in [0, 0.1) is 0 Å². The average molecular weight is 268 g/mol. The van der Waals surface area contributed by atoms with E-state index in [4.69, 9.17) is 16.9 Å². The van der Waals surface area contributed by atoms with Crippen molar-refractivity contribution in [3.05, 3.63) is 16.7 Å². The van der Waals surface area contributed by atoms with Gasteiger partial charge in [0, 0.05) is 6.42 Å². The second-order valence-corrected chi connectivity index (χ2v) is 4.32. The Morgan fingerprint density at radius 2 is 2.53 bits per heavy atom. The topological polar surface area (TPSA) is 139 Å². The van der Waals surface area contributed by atoms with Gasteiger partial charge < -0.3 is 20.7 Å². The maximum atomic E-state index is 11.7. The van der Waals surface area contributed by atoms with Gasteiger partial charge in [-0.1, -0.05) is 0 Å². The van der Waals surface area contributed by atoms with Crippen LogP contribution < -0.4 is 11.3 Å². The molecule has 3 heterocycles. The zero-order valence-electron chi connectivity index (χ0n) is 10.8. The number of nitrogens with two attached hydrogens (primary N) is 1. The minimum Gasteiger partial charge on any atom is -0.394 e. The molecule has 2 aromatic heterocycles. The third-order valence-electron chi connectivity index (χ3n) is 3.06. The van der Waals surface area contributed by atoms with Crippen LogP contribution in [0.2, 0.25) is 0 Å². The third kappa shape index (κ3) is 1.87. The van der Waals surface area contributed by atoms with Crippen molar-refractivity contribution in [2.45, 2.75) is 24.9 Å². The quantitative estimate of drug-likeness (QED) is 0.511. The van der Waals surface area contributed by atoms with Crippen molar-refractivity contribution < 1.29 is 16.3 Å². The van der Waals surface area contributed by atoms with E-state index in [-0.39, 0.29) is 36.4 Å². The van der Waals surface area contributed by atoms with Crippen molar-refractivity contribution >= 4 is 17.1 Å². The lowest BCUT2D eigenvalue weighted by atomic mass is 10.2. The number of H-pyrrole nitrogens is 1. The number of aliphatic hydroxyl groups is 2. The predicted molar refractivity (Wildman–Crippen MR) is 64.2 cm³/mol. The predicted octanol–water partition coefficient (Wildman–Crippen LogP) is -1.66. The van der Waals surface area contributed by atoms with E-state index in [0.717, 1.165) is 0 Å². The number of nitrogens with zero attached hydrogens (tertiary/aromatic N) is 3. The number of aromatic amines is 1. The van der Waals surface area contributed by atoms with E-state index in [1.165, 1.54) is 4.57 Å². The van der Waals surface area contributed by atoms with Gasteiger partial charge in [-0.3, -0.25) is 14.3 Å². The average Bonchev–Trinajstić information content (AvgIpc) is 2.89. The van der Waals surface area contributed by atoms with Crippen LogP contribution in [-0.2, 0) is 4.74 Å². The largest absolute Gasteiger partial charge is 0.394 e. The standard InChI is InChI=1S/C10H13N5O4/c11-10-13-8-7(9(18)14-10)12-3-15(8)6-1-4(17)5(2-16)19-6/h3-6,16-17H,1-2H2,(H3,11,13,14,18)/t4?,5-,6-/m1/s1/i3D. The van der Waals surface area contributed by atoms with Crippen LogP contribution in [0.15, 0.2) is 11.1 Å². The number of hydrogen-bond acceptors (Lipinski definition) is 7. The van der Waals surface area contributed by atoms with Crippen molar-refractivity contribution in [1.29, 1.82) is 0 Å². The molecule has 2 aromatic rings. The number of nitrogen functional groups attached to an aromatic ring is 1. The number of imidazole rings is 1. The summed E-state index contributed by atoms with van der Waals surface area (Å²) >= 11 is 0. The fourth-order valence-corrected chi connectivity index (χ4v) is 2.13. The second-order valence-electron chi connectivity index (χ2n) is 4.32. The zero-order valence-corrected chi connectivity index (χ0v) is 9.78. The van der Waals surface area contributed by atoms with E-state index in [9.17, 15) is 9.90 Å². The Bertz CT molecular complexity index is 713. The zero-order chi connectivity index (χ0) is 14.4. The summed E-state index contributed by atoms with van der Waals surface area (Å²) in [5.41, 5.74) is 5.04. The molecule has 3 rings (SSSR count). The van der Waals surface area contributed by atoms with Crippen LogP contribution in [0.4, 0.5) is 5.95 Å². The van der Waals surface area contributed by atoms with Gasteiger partial charge >= 0.3 is 0 Å². The van der Waals surface area contributed by atoms with Gasteiger partial charge in [0.25, 0.3) is 5.56 Å². The normalized spacial score (nSPS) is 27.9. The Labute approximate surface area is 108 Å². The molecule has 0 aliphatic carbocycles. The highest BCUT2D eigenvalue weighted by Crippen LogP contribution is 2.30. The molecule has 1 fully saturated rings. The van der Waals surface area contributed by atoms with Gasteiger partial charge in [0.15, 0.2) is 11.2 Å². The highest BCUT2D eigenvalue weighted by molar-refractivity contribution is 5.70. The monoisotopic (exact) mass is 268 g/mol. The first kappa shape index (κ1) is 10.9. The summed E-state index contributed by atoms with van der Waals surface area (Å²) in [6.07, 6.45) is -2.39. The van der Waals surface area contributed by atoms with Gasteiger partial charge in [0.1, 0.15) is 13.7 Å². The first-order valence-electron chi connectivity index (χ1n) is 6.20. The number of fused-ring (bicyclic) bond motifs is 1. The van der Waals surface area contributed by atoms with Gasteiger partial charge in [-0.25, -0.2) is 4.98 Å². The van der Waals surface area contributed by atoms with Crippen LogP contribution >= 0.6 is 0 Å². The van der Waals surface area contributed by atoms with E-state index < -0.39 is 24.0 Å². The first-order valence-corrected chi connectivity index (χ1v) is 5.70. The van der Waals surface area contributed by atoms with Crippen molar-refractivity contribution in [2.24, 2.45) is 0 Å². The number of rotatable bonds is 2. The number of hydrogen-bond donors (Lipinski definition) is 4. The smallest absolute Gasteiger partial charge is 0.280 e. The Hall–Kier alpha value is -1.97. The molecule has 0 spiro atoms. The molecule has 0 aromatic carbocycles. The number of aromatic nitrogens is 4. The van der Waals surface area contributed by atoms with Crippen LogP contribution in [0.1, 0.15) is 14.0 Å². The molecule has 1 aliphatic rings. The molecule has 19 heavy (non-hydrogen) atoms. The van der Waals surface area contributed by atoms with E-state index >= 15 is 0 Å². The van der Waals surface area contributed by atoms with Crippen LogP contribution in [0.3, 0.4) is 0 Å². The summed E-state index contributed by atoms with van der Waals surface area (Å²) < 4.78 is 14.5. The van der Waals surface area contributed by atoms with Gasteiger partial charge in [0.2, 0.25) is 5.95 Å². The van der Waals surface area contributed by atoms with Gasteiger partial charge in [-0.15, -0.1) is 0 Å². The first-order chi connectivity index (χ1) is 9.51. The van der Waals surface area contributed by atoms with Crippen molar-refractivity contribution in [1.82, 2.24) is 19.5 Å². The number of nitrogens with one attached hydrogen (secondary N) is 1. The Morgan fingerprint density at radius 1 is 1.74 bits per heavy atom. The molecule has 102 valence electrons. The molecule has 1 aliphatic heterocycles. The number of ether oxygens (including phenoxy) is 1. The lowest BCUT2D eigenvalue weighted by Gasteiger charge is -2.13. The summed E-state index contributed by atoms with van der Waals surface area (Å²) in [6.45, 7) is -0.340. The Kier molecular flexibility index (Phi) is 2.47. The molecule has 0 saturated carbocycles. The number of aliphatic hydroxyl groups excluding tert-OH is 2. The van der Waals surface area contributed by atoms with Crippen LogP contribution in [0.5, 0.6) is 0 Å². The summed E-state index contributed by atoms with van der Waals surface area (Å²) in [5, 5.41) is 18.8. The van der Waals surface area contributed by atoms with Crippen molar-refractivity contribution in [3.8, 4) is 0 Å². The number of anilines is 1. The molecule has 9 heteroatoms. The second kappa shape index (κ2) is 4.30. The summed E-state index contributed by atoms with van der Waals surface area (Å²) in [4.78, 5) is 21.8. The van der Waals surface area contributed by atoms with E-state index in [1.54, 1.807) is 0 Å². The summed E-state index contributed by atoms with van der Waals surface area (Å²) in [6, 6.07) is 0. The highest BCUT2D eigenvalue weighted by Gasteiger charge is 2.35. The molecular formula is C10H13N5O4. The van der Waals surface area contributed by atoms with E-state index in [1.807, 2.05) is 0 Å². The lowest BCUT2D eigenvalue weighted by molar-refractivity contribution is -0.0432. The molecule has 0 bridgehead atoms. The molecule has 1 saturated heterocycles. The Balaban J connectivity index is 2.13. The maximum absolute atomic E-state index is 11.7. The minimum atomic E-state index is -0.860. The summed E-state index contributed by atoms with van der Waals surface area (Å²) in [7, 11) is 0. The molecule has 5 N–H and O–H groups in total. The van der Waals surface area contributed by atoms with Gasteiger partial charge in [0.05, 0.1) is 19.0 Å². The molecule has 3 atom stereocenters. The van der Waals surface area contributed by atoms with Crippen molar-refractivity contribution in [2.75, 3.05) is 12.3 Å². The summed E-state index contributed by atoms with van der Waals surface area (Å²) in [5.74, 6) is -0.0964. The van der Waals surface area contributed by atoms with Crippen molar-refractivity contribution in [3.63, 3.8) is 0 Å². The van der Waals surface area contributed by atoms with E-state index in [2.05, 4.69) is 15.0 Å². The third-order valence-corrected chi connectivity index (χ3v) is 3.06. The SMILES string of the molecule is [2H]c1nc2c(=O)[nH]c(N)nc2n1[C@H]1CC(O)[C@@H](CO)O1. The highest BCUT2D eigenvalue weighted by atomic mass is 16.5. The van der Waals surface area contributed by atoms with Crippen LogP contribution in [-0.4, -0.2) is 48.5 Å².